The Hall–Kier alpha value is -0.810. The highest BCUT2D eigenvalue weighted by Gasteiger charge is 2.17. The van der Waals surface area contributed by atoms with E-state index in [-0.39, 0.29) is 5.56 Å². The highest BCUT2D eigenvalue weighted by molar-refractivity contribution is 7.98. The molecule has 2 rings (SSSR count). The summed E-state index contributed by atoms with van der Waals surface area (Å²) in [5.41, 5.74) is 1.73. The van der Waals surface area contributed by atoms with Gasteiger partial charge in [0, 0.05) is 24.2 Å². The number of rotatable bonds is 2. The topological polar surface area (TPSA) is 55.0 Å². The predicted octanol–water partition coefficient (Wildman–Crippen LogP) is 0.663. The standard InChI is InChI=1S/C8H10N2O2S/c1-12-2-7-9-6-4-13-3-5(6)8(11)10-7/h2-4H2,1H3,(H,9,10,11). The second-order valence-electron chi connectivity index (χ2n) is 2.86. The zero-order chi connectivity index (χ0) is 9.26. The van der Waals surface area contributed by atoms with Crippen LogP contribution in [-0.4, -0.2) is 17.1 Å². The third kappa shape index (κ3) is 1.62. The largest absolute Gasteiger partial charge is 0.377 e. The summed E-state index contributed by atoms with van der Waals surface area (Å²) < 4.78 is 4.90. The zero-order valence-corrected chi connectivity index (χ0v) is 8.11. The Kier molecular flexibility index (Phi) is 2.37. The summed E-state index contributed by atoms with van der Waals surface area (Å²) in [6.45, 7) is 0.368. The van der Waals surface area contributed by atoms with E-state index in [1.807, 2.05) is 0 Å². The minimum atomic E-state index is -0.0120. The van der Waals surface area contributed by atoms with Crippen LogP contribution in [0, 0.1) is 0 Å². The van der Waals surface area contributed by atoms with Crippen LogP contribution in [0.25, 0.3) is 0 Å². The number of thioether (sulfide) groups is 1. The van der Waals surface area contributed by atoms with E-state index in [0.29, 0.717) is 12.4 Å². The molecule has 0 amide bonds. The van der Waals surface area contributed by atoms with Crippen LogP contribution in [0.15, 0.2) is 4.79 Å². The van der Waals surface area contributed by atoms with Crippen LogP contribution < -0.4 is 5.56 Å². The van der Waals surface area contributed by atoms with Crippen LogP contribution >= 0.6 is 11.8 Å². The molecule has 0 atom stereocenters. The molecular weight excluding hydrogens is 188 g/mol. The number of aromatic amines is 1. The Morgan fingerprint density at radius 1 is 1.62 bits per heavy atom. The molecule has 4 nitrogen and oxygen atoms in total. The maximum atomic E-state index is 11.4. The summed E-state index contributed by atoms with van der Waals surface area (Å²) in [6, 6.07) is 0. The second kappa shape index (κ2) is 3.51. The molecule has 0 bridgehead atoms. The molecule has 70 valence electrons. The number of aromatic nitrogens is 2. The lowest BCUT2D eigenvalue weighted by atomic mass is 10.3. The van der Waals surface area contributed by atoms with Gasteiger partial charge in [-0.25, -0.2) is 4.98 Å². The number of nitrogens with one attached hydrogen (secondary N) is 1. The van der Waals surface area contributed by atoms with Gasteiger partial charge in [-0.05, 0) is 0 Å². The smallest absolute Gasteiger partial charge is 0.255 e. The number of hydrogen-bond donors (Lipinski definition) is 1. The van der Waals surface area contributed by atoms with Gasteiger partial charge in [0.1, 0.15) is 12.4 Å². The van der Waals surface area contributed by atoms with Gasteiger partial charge < -0.3 is 9.72 Å². The van der Waals surface area contributed by atoms with Crippen molar-refractivity contribution in [2.45, 2.75) is 18.1 Å². The molecule has 2 heterocycles. The Morgan fingerprint density at radius 2 is 2.46 bits per heavy atom. The van der Waals surface area contributed by atoms with E-state index in [9.17, 15) is 4.79 Å². The van der Waals surface area contributed by atoms with E-state index in [2.05, 4.69) is 9.97 Å². The van der Waals surface area contributed by atoms with Crippen molar-refractivity contribution >= 4 is 11.8 Å². The predicted molar refractivity (Wildman–Crippen MR) is 50.6 cm³/mol. The van der Waals surface area contributed by atoms with Gasteiger partial charge in [0.05, 0.1) is 5.69 Å². The third-order valence-corrected chi connectivity index (χ3v) is 2.89. The molecule has 1 aliphatic heterocycles. The molecule has 0 saturated carbocycles. The average molecular weight is 198 g/mol. The van der Waals surface area contributed by atoms with Crippen LogP contribution in [0.2, 0.25) is 0 Å². The summed E-state index contributed by atoms with van der Waals surface area (Å²) in [4.78, 5) is 18.4. The fraction of sp³-hybridized carbons (Fsp3) is 0.500. The molecular formula is C8H10N2O2S. The van der Waals surface area contributed by atoms with E-state index in [0.717, 1.165) is 22.8 Å². The maximum absolute atomic E-state index is 11.4. The van der Waals surface area contributed by atoms with Crippen molar-refractivity contribution in [2.24, 2.45) is 0 Å². The number of fused-ring (bicyclic) bond motifs is 1. The summed E-state index contributed by atoms with van der Waals surface area (Å²) in [6.07, 6.45) is 0. The first-order valence-electron chi connectivity index (χ1n) is 3.99. The summed E-state index contributed by atoms with van der Waals surface area (Å²) in [5.74, 6) is 2.25. The Labute approximate surface area is 79.7 Å². The van der Waals surface area contributed by atoms with Crippen molar-refractivity contribution in [2.75, 3.05) is 7.11 Å². The molecule has 0 saturated heterocycles. The highest BCUT2D eigenvalue weighted by atomic mass is 32.2. The van der Waals surface area contributed by atoms with Gasteiger partial charge in [-0.2, -0.15) is 11.8 Å². The van der Waals surface area contributed by atoms with Crippen molar-refractivity contribution in [1.29, 1.82) is 0 Å². The molecule has 0 spiro atoms. The minimum absolute atomic E-state index is 0.0120. The molecule has 5 heteroatoms. The quantitative estimate of drug-likeness (QED) is 0.758. The molecule has 0 aliphatic carbocycles. The first-order valence-corrected chi connectivity index (χ1v) is 5.14. The lowest BCUT2D eigenvalue weighted by Crippen LogP contribution is -2.17. The van der Waals surface area contributed by atoms with Crippen LogP contribution in [0.4, 0.5) is 0 Å². The molecule has 1 aromatic heterocycles. The third-order valence-electron chi connectivity index (χ3n) is 1.92. The lowest BCUT2D eigenvalue weighted by Gasteiger charge is -2.01. The van der Waals surface area contributed by atoms with Crippen LogP contribution in [0.5, 0.6) is 0 Å². The molecule has 0 radical (unpaired) electrons. The van der Waals surface area contributed by atoms with Gasteiger partial charge in [-0.1, -0.05) is 0 Å². The maximum Gasteiger partial charge on any atom is 0.255 e. The lowest BCUT2D eigenvalue weighted by molar-refractivity contribution is 0.177. The summed E-state index contributed by atoms with van der Waals surface area (Å²) >= 11 is 1.72. The van der Waals surface area contributed by atoms with E-state index in [1.54, 1.807) is 18.9 Å². The SMILES string of the molecule is COCc1nc2c(c(=O)[nH]1)CSC2. The Balaban J connectivity index is 2.44. The van der Waals surface area contributed by atoms with Crippen molar-refractivity contribution in [3.05, 3.63) is 27.4 Å². The van der Waals surface area contributed by atoms with E-state index < -0.39 is 0 Å². The Morgan fingerprint density at radius 3 is 3.23 bits per heavy atom. The number of ether oxygens (including phenoxy) is 1. The van der Waals surface area contributed by atoms with Gasteiger partial charge in [0.25, 0.3) is 5.56 Å². The monoisotopic (exact) mass is 198 g/mol. The summed E-state index contributed by atoms with van der Waals surface area (Å²) in [7, 11) is 1.59. The van der Waals surface area contributed by atoms with Gasteiger partial charge >= 0.3 is 0 Å². The van der Waals surface area contributed by atoms with Gasteiger partial charge in [0.15, 0.2) is 0 Å². The number of methoxy groups -OCH3 is 1. The van der Waals surface area contributed by atoms with E-state index >= 15 is 0 Å². The zero-order valence-electron chi connectivity index (χ0n) is 7.29. The van der Waals surface area contributed by atoms with Crippen molar-refractivity contribution in [1.82, 2.24) is 9.97 Å². The van der Waals surface area contributed by atoms with E-state index in [1.165, 1.54) is 0 Å². The van der Waals surface area contributed by atoms with E-state index in [4.69, 9.17) is 4.74 Å². The molecule has 1 aliphatic rings. The molecule has 13 heavy (non-hydrogen) atoms. The highest BCUT2D eigenvalue weighted by Crippen LogP contribution is 2.24. The van der Waals surface area contributed by atoms with Crippen molar-refractivity contribution < 1.29 is 4.74 Å². The number of hydrogen-bond acceptors (Lipinski definition) is 4. The second-order valence-corrected chi connectivity index (χ2v) is 3.85. The summed E-state index contributed by atoms with van der Waals surface area (Å²) in [5, 5.41) is 0. The molecule has 0 unspecified atom stereocenters. The normalized spacial score (nSPS) is 14.5. The van der Waals surface area contributed by atoms with Crippen molar-refractivity contribution in [3.63, 3.8) is 0 Å². The first kappa shape index (κ1) is 8.77. The van der Waals surface area contributed by atoms with Gasteiger partial charge in [0.2, 0.25) is 0 Å². The molecule has 1 N–H and O–H groups in total. The number of nitrogens with zero attached hydrogens (tertiary/aromatic N) is 1. The molecule has 0 fully saturated rings. The van der Waals surface area contributed by atoms with Crippen LogP contribution in [-0.2, 0) is 22.8 Å². The van der Waals surface area contributed by atoms with Crippen LogP contribution in [0.3, 0.4) is 0 Å². The van der Waals surface area contributed by atoms with Gasteiger partial charge in [-0.3, -0.25) is 4.79 Å². The fourth-order valence-electron chi connectivity index (χ4n) is 1.32. The fourth-order valence-corrected chi connectivity index (χ4v) is 2.35. The molecule has 0 aromatic carbocycles. The van der Waals surface area contributed by atoms with Gasteiger partial charge in [-0.15, -0.1) is 0 Å². The van der Waals surface area contributed by atoms with Crippen molar-refractivity contribution in [3.8, 4) is 0 Å². The number of H-pyrrole nitrogens is 1. The first-order chi connectivity index (χ1) is 6.31. The van der Waals surface area contributed by atoms with Crippen LogP contribution in [0.1, 0.15) is 17.1 Å². The molecule has 1 aromatic rings. The minimum Gasteiger partial charge on any atom is -0.377 e. The average Bonchev–Trinajstić information content (AvgIpc) is 2.53. The Bertz CT molecular complexity index is 375.